The molecular weight excluding hydrogens is 304 g/mol. The monoisotopic (exact) mass is 324 g/mol. The summed E-state index contributed by atoms with van der Waals surface area (Å²) < 4.78 is 1.48. The molecule has 0 saturated carbocycles. The van der Waals surface area contributed by atoms with Crippen molar-refractivity contribution in [2.24, 2.45) is 0 Å². The second-order valence-corrected chi connectivity index (χ2v) is 5.59. The first-order valence-corrected chi connectivity index (χ1v) is 7.35. The summed E-state index contributed by atoms with van der Waals surface area (Å²) >= 11 is 0. The van der Waals surface area contributed by atoms with Gasteiger partial charge in [-0.25, -0.2) is 4.79 Å². The number of rotatable bonds is 3. The molecule has 1 saturated heterocycles. The predicted molar refractivity (Wildman–Crippen MR) is 88.4 cm³/mol. The largest absolute Gasteiger partial charge is 0.350 e. The number of halogens is 1. The van der Waals surface area contributed by atoms with E-state index in [0.717, 1.165) is 30.4 Å². The maximum absolute atomic E-state index is 12.2. The van der Waals surface area contributed by atoms with Gasteiger partial charge in [-0.3, -0.25) is 9.36 Å². The maximum Gasteiger partial charge on any atom is 0.326 e. The van der Waals surface area contributed by atoms with Gasteiger partial charge in [0.05, 0.1) is 11.0 Å². The number of benzene rings is 1. The summed E-state index contributed by atoms with van der Waals surface area (Å²) in [6.45, 7) is 3.11. The molecule has 1 aliphatic rings. The van der Waals surface area contributed by atoms with Crippen LogP contribution >= 0.6 is 12.4 Å². The molecular formula is C15H21ClN4O2. The van der Waals surface area contributed by atoms with Crippen LogP contribution in [0.2, 0.25) is 0 Å². The molecule has 0 spiro atoms. The van der Waals surface area contributed by atoms with Crippen LogP contribution in [0.3, 0.4) is 0 Å². The van der Waals surface area contributed by atoms with Gasteiger partial charge in [-0.1, -0.05) is 12.1 Å². The molecule has 2 heterocycles. The van der Waals surface area contributed by atoms with Crippen LogP contribution in [-0.2, 0) is 11.3 Å². The quantitative estimate of drug-likeness (QED) is 0.788. The van der Waals surface area contributed by atoms with E-state index in [4.69, 9.17) is 0 Å². The minimum absolute atomic E-state index is 0. The summed E-state index contributed by atoms with van der Waals surface area (Å²) in [6.07, 6.45) is 2.03. The molecule has 3 N–H and O–H groups in total. The summed E-state index contributed by atoms with van der Waals surface area (Å²) in [6, 6.07) is 7.79. The van der Waals surface area contributed by atoms with Gasteiger partial charge in [-0.15, -0.1) is 12.4 Å². The molecule has 120 valence electrons. The molecule has 3 rings (SSSR count). The molecule has 6 nitrogen and oxygen atoms in total. The van der Waals surface area contributed by atoms with Crippen molar-refractivity contribution in [2.45, 2.75) is 38.4 Å². The van der Waals surface area contributed by atoms with E-state index in [1.165, 1.54) is 4.57 Å². The van der Waals surface area contributed by atoms with Crippen LogP contribution in [0.4, 0.5) is 0 Å². The van der Waals surface area contributed by atoms with Crippen LogP contribution in [0.1, 0.15) is 19.8 Å². The average Bonchev–Trinajstić information content (AvgIpc) is 2.78. The lowest BCUT2D eigenvalue weighted by molar-refractivity contribution is -0.122. The normalized spacial score (nSPS) is 21.3. The third-order valence-corrected chi connectivity index (χ3v) is 4.09. The Kier molecular flexibility index (Phi) is 5.26. The topological polar surface area (TPSA) is 78.9 Å². The van der Waals surface area contributed by atoms with Gasteiger partial charge < -0.3 is 15.6 Å². The molecule has 0 aliphatic carbocycles. The summed E-state index contributed by atoms with van der Waals surface area (Å²) in [7, 11) is 0. The number of H-pyrrole nitrogens is 1. The van der Waals surface area contributed by atoms with Crippen molar-refractivity contribution >= 4 is 29.3 Å². The molecule has 1 aliphatic heterocycles. The first kappa shape index (κ1) is 16.6. The zero-order chi connectivity index (χ0) is 14.8. The SMILES string of the molecule is CC1NCCCC1NC(=O)Cn1c(=O)[nH]c2ccccc21.Cl. The van der Waals surface area contributed by atoms with Crippen LogP contribution in [-0.4, -0.2) is 34.1 Å². The first-order valence-electron chi connectivity index (χ1n) is 7.35. The highest BCUT2D eigenvalue weighted by atomic mass is 35.5. The van der Waals surface area contributed by atoms with Crippen LogP contribution in [0.25, 0.3) is 11.0 Å². The van der Waals surface area contributed by atoms with Gasteiger partial charge in [0.15, 0.2) is 0 Å². The number of carbonyl (C=O) groups excluding carboxylic acids is 1. The Morgan fingerprint density at radius 1 is 1.41 bits per heavy atom. The lowest BCUT2D eigenvalue weighted by Gasteiger charge is -2.30. The summed E-state index contributed by atoms with van der Waals surface area (Å²) in [5.74, 6) is -0.123. The van der Waals surface area contributed by atoms with Crippen LogP contribution in [0.5, 0.6) is 0 Å². The highest BCUT2D eigenvalue weighted by Crippen LogP contribution is 2.10. The summed E-state index contributed by atoms with van der Waals surface area (Å²) in [5, 5.41) is 6.37. The summed E-state index contributed by atoms with van der Waals surface area (Å²) in [4.78, 5) is 26.9. The number of amides is 1. The lowest BCUT2D eigenvalue weighted by Crippen LogP contribution is -2.52. The van der Waals surface area contributed by atoms with E-state index in [0.29, 0.717) is 0 Å². The van der Waals surface area contributed by atoms with E-state index in [1.54, 1.807) is 0 Å². The Balaban J connectivity index is 0.00000176. The number of aromatic nitrogens is 2. The predicted octanol–water partition coefficient (Wildman–Crippen LogP) is 1.01. The highest BCUT2D eigenvalue weighted by Gasteiger charge is 2.22. The fourth-order valence-electron chi connectivity index (χ4n) is 2.90. The number of imidazole rings is 1. The third kappa shape index (κ3) is 3.34. The van der Waals surface area contributed by atoms with Gasteiger partial charge >= 0.3 is 5.69 Å². The second kappa shape index (κ2) is 6.98. The van der Waals surface area contributed by atoms with Crippen molar-refractivity contribution in [2.75, 3.05) is 6.54 Å². The minimum Gasteiger partial charge on any atom is -0.350 e. The van der Waals surface area contributed by atoms with Crippen molar-refractivity contribution in [1.82, 2.24) is 20.2 Å². The molecule has 22 heavy (non-hydrogen) atoms. The van der Waals surface area contributed by atoms with Crippen molar-refractivity contribution in [1.29, 1.82) is 0 Å². The average molecular weight is 325 g/mol. The van der Waals surface area contributed by atoms with Gasteiger partial charge in [0.2, 0.25) is 5.91 Å². The minimum atomic E-state index is -0.249. The number of carbonyl (C=O) groups is 1. The summed E-state index contributed by atoms with van der Waals surface area (Å²) in [5.41, 5.74) is 1.26. The van der Waals surface area contributed by atoms with Crippen LogP contribution in [0, 0.1) is 0 Å². The number of hydrogen-bond acceptors (Lipinski definition) is 3. The highest BCUT2D eigenvalue weighted by molar-refractivity contribution is 5.85. The van der Waals surface area contributed by atoms with E-state index in [1.807, 2.05) is 24.3 Å². The number of nitrogens with one attached hydrogen (secondary N) is 3. The second-order valence-electron chi connectivity index (χ2n) is 5.59. The Hall–Kier alpha value is -1.79. The molecule has 1 amide bonds. The zero-order valence-corrected chi connectivity index (χ0v) is 13.3. The van der Waals surface area contributed by atoms with E-state index in [2.05, 4.69) is 22.5 Å². The Morgan fingerprint density at radius 3 is 2.95 bits per heavy atom. The van der Waals surface area contributed by atoms with Gasteiger partial charge in [-0.2, -0.15) is 0 Å². The van der Waals surface area contributed by atoms with Crippen molar-refractivity contribution in [3.63, 3.8) is 0 Å². The molecule has 2 unspecified atom stereocenters. The van der Waals surface area contributed by atoms with E-state index >= 15 is 0 Å². The standard InChI is InChI=1S/C15H20N4O2.ClH/c1-10-11(6-4-8-16-10)17-14(20)9-19-13-7-3-2-5-12(13)18-15(19)21;/h2-3,5,7,10-11,16H,4,6,8-9H2,1H3,(H,17,20)(H,18,21);1H. The fourth-order valence-corrected chi connectivity index (χ4v) is 2.90. The molecule has 0 radical (unpaired) electrons. The molecule has 1 aromatic carbocycles. The maximum atomic E-state index is 12.2. The molecule has 2 aromatic rings. The molecule has 2 atom stereocenters. The van der Waals surface area contributed by atoms with Crippen molar-refractivity contribution in [3.8, 4) is 0 Å². The fraction of sp³-hybridized carbons (Fsp3) is 0.467. The number of nitrogens with zero attached hydrogens (tertiary/aromatic N) is 1. The first-order chi connectivity index (χ1) is 10.1. The van der Waals surface area contributed by atoms with E-state index in [-0.39, 0.29) is 42.6 Å². The van der Waals surface area contributed by atoms with Crippen molar-refractivity contribution < 1.29 is 4.79 Å². The molecule has 1 aromatic heterocycles. The van der Waals surface area contributed by atoms with Gasteiger partial charge in [0, 0.05) is 12.1 Å². The Labute approximate surface area is 134 Å². The third-order valence-electron chi connectivity index (χ3n) is 4.09. The van der Waals surface area contributed by atoms with E-state index in [9.17, 15) is 9.59 Å². The zero-order valence-electron chi connectivity index (χ0n) is 12.5. The van der Waals surface area contributed by atoms with Gasteiger partial charge in [0.25, 0.3) is 0 Å². The van der Waals surface area contributed by atoms with E-state index < -0.39 is 0 Å². The Bertz CT molecular complexity index is 709. The van der Waals surface area contributed by atoms with Gasteiger partial charge in [0.1, 0.15) is 6.54 Å². The van der Waals surface area contributed by atoms with Gasteiger partial charge in [-0.05, 0) is 38.4 Å². The van der Waals surface area contributed by atoms with Crippen molar-refractivity contribution in [3.05, 3.63) is 34.7 Å². The number of aromatic amines is 1. The smallest absolute Gasteiger partial charge is 0.326 e. The van der Waals surface area contributed by atoms with Crippen LogP contribution in [0.15, 0.2) is 29.1 Å². The molecule has 7 heteroatoms. The Morgan fingerprint density at radius 2 is 2.18 bits per heavy atom. The lowest BCUT2D eigenvalue weighted by atomic mass is 10.00. The van der Waals surface area contributed by atoms with Crippen LogP contribution < -0.4 is 16.3 Å². The number of piperidine rings is 1. The number of fused-ring (bicyclic) bond motifs is 1. The number of hydrogen-bond donors (Lipinski definition) is 3. The number of para-hydroxylation sites is 2. The molecule has 1 fully saturated rings. The molecule has 0 bridgehead atoms.